The van der Waals surface area contributed by atoms with Crippen LogP contribution in [0.2, 0.25) is 0 Å². The molecule has 1 heterocycles. The Kier molecular flexibility index (Phi) is 5.47. The average molecular weight is 321 g/mol. The summed E-state index contributed by atoms with van der Waals surface area (Å²) in [5.74, 6) is -1.69. The van der Waals surface area contributed by atoms with Crippen LogP contribution in [0.1, 0.15) is 33.1 Å². The van der Waals surface area contributed by atoms with Gasteiger partial charge in [-0.25, -0.2) is 9.59 Å². The van der Waals surface area contributed by atoms with Crippen molar-refractivity contribution in [1.29, 1.82) is 0 Å². The van der Waals surface area contributed by atoms with E-state index < -0.39 is 17.5 Å². The highest BCUT2D eigenvalue weighted by molar-refractivity contribution is 6.09. The lowest BCUT2D eigenvalue weighted by molar-refractivity contribution is -0.157. The molecule has 126 valence electrons. The number of phenolic OH excluding ortho intramolecular Hbond substituents is 1. The maximum absolute atomic E-state index is 12.6. The van der Waals surface area contributed by atoms with E-state index in [0.29, 0.717) is 12.1 Å². The lowest BCUT2D eigenvalue weighted by atomic mass is 9.82. The van der Waals surface area contributed by atoms with Crippen LogP contribution in [-0.4, -0.2) is 35.8 Å². The van der Waals surface area contributed by atoms with Gasteiger partial charge in [-0.15, -0.1) is 0 Å². The van der Waals surface area contributed by atoms with Crippen molar-refractivity contribution in [3.05, 3.63) is 24.3 Å². The highest BCUT2D eigenvalue weighted by atomic mass is 16.6. The Morgan fingerprint density at radius 2 is 2.17 bits per heavy atom. The number of carbonyl (C=O) groups excluding carboxylic acids is 2. The number of hydrogen-bond donors (Lipinski definition) is 2. The molecule has 0 unspecified atom stereocenters. The van der Waals surface area contributed by atoms with Crippen molar-refractivity contribution in [2.75, 3.05) is 18.5 Å². The number of phenols is 1. The number of ether oxygens (including phenoxy) is 2. The Labute approximate surface area is 135 Å². The van der Waals surface area contributed by atoms with Crippen molar-refractivity contribution in [2.45, 2.75) is 38.6 Å². The molecular formula is C17H23NO5. The number of carbonyl (C=O) groups is 2. The third kappa shape index (κ3) is 3.25. The minimum Gasteiger partial charge on any atom is -0.506 e. The summed E-state index contributed by atoms with van der Waals surface area (Å²) in [4.78, 5) is 25.0. The molecule has 0 amide bonds. The summed E-state index contributed by atoms with van der Waals surface area (Å²) in [6, 6.07) is 6.47. The highest BCUT2D eigenvalue weighted by Crippen LogP contribution is 2.37. The van der Waals surface area contributed by atoms with Gasteiger partial charge in [0.15, 0.2) is 0 Å². The van der Waals surface area contributed by atoms with Crippen LogP contribution in [0.5, 0.6) is 5.75 Å². The first-order valence-corrected chi connectivity index (χ1v) is 7.96. The maximum Gasteiger partial charge on any atom is 0.344 e. The first-order chi connectivity index (χ1) is 11.1. The standard InChI is InChI=1S/C17H23NO5/c1-3-5-8-12-11-23-16(21)17(12,15(20)22-4-2)18-13-9-6-7-10-14(13)19/h6-7,9-10,12,18-19H,3-5,8,11H2,1-2H3/t12-,17+/m1/s1. The van der Waals surface area contributed by atoms with Crippen LogP contribution in [0, 0.1) is 5.92 Å². The molecule has 6 heteroatoms. The van der Waals surface area contributed by atoms with Crippen LogP contribution in [0.3, 0.4) is 0 Å². The number of aromatic hydroxyl groups is 1. The van der Waals surface area contributed by atoms with Crippen molar-refractivity contribution in [1.82, 2.24) is 0 Å². The van der Waals surface area contributed by atoms with Crippen LogP contribution >= 0.6 is 0 Å². The Balaban J connectivity index is 2.40. The predicted octanol–water partition coefficient (Wildman–Crippen LogP) is 2.47. The minimum atomic E-state index is -1.61. The van der Waals surface area contributed by atoms with E-state index in [2.05, 4.69) is 5.32 Å². The summed E-state index contributed by atoms with van der Waals surface area (Å²) in [5, 5.41) is 12.9. The third-order valence-electron chi connectivity index (χ3n) is 4.09. The number of esters is 2. The lowest BCUT2D eigenvalue weighted by Gasteiger charge is -2.30. The molecule has 2 atom stereocenters. The fourth-order valence-corrected chi connectivity index (χ4v) is 2.82. The second kappa shape index (κ2) is 7.35. The van der Waals surface area contributed by atoms with Gasteiger partial charge in [0.1, 0.15) is 5.75 Å². The van der Waals surface area contributed by atoms with E-state index >= 15 is 0 Å². The number of cyclic esters (lactones) is 1. The van der Waals surface area contributed by atoms with Crippen molar-refractivity contribution < 1.29 is 24.2 Å². The maximum atomic E-state index is 12.6. The summed E-state index contributed by atoms with van der Waals surface area (Å²) in [5.41, 5.74) is -1.30. The normalized spacial score (nSPS) is 23.4. The molecule has 2 rings (SSSR count). The van der Waals surface area contributed by atoms with Gasteiger partial charge in [0.2, 0.25) is 5.54 Å². The topological polar surface area (TPSA) is 84.9 Å². The van der Waals surface area contributed by atoms with Gasteiger partial charge in [-0.1, -0.05) is 31.9 Å². The van der Waals surface area contributed by atoms with Gasteiger partial charge in [-0.3, -0.25) is 0 Å². The summed E-state index contributed by atoms with van der Waals surface area (Å²) in [6.45, 7) is 4.06. The quantitative estimate of drug-likeness (QED) is 0.456. The number of benzene rings is 1. The molecule has 0 aromatic heterocycles. The Morgan fingerprint density at radius 3 is 2.83 bits per heavy atom. The van der Waals surface area contributed by atoms with Gasteiger partial charge in [0, 0.05) is 5.92 Å². The number of nitrogens with one attached hydrogen (secondary N) is 1. The molecule has 2 N–H and O–H groups in total. The summed E-state index contributed by atoms with van der Waals surface area (Å²) >= 11 is 0. The Bertz CT molecular complexity index is 574. The molecule has 1 aromatic rings. The molecule has 0 aliphatic carbocycles. The van der Waals surface area contributed by atoms with E-state index in [-0.39, 0.29) is 24.9 Å². The number of unbranched alkanes of at least 4 members (excludes halogenated alkanes) is 1. The largest absolute Gasteiger partial charge is 0.506 e. The molecule has 23 heavy (non-hydrogen) atoms. The molecular weight excluding hydrogens is 298 g/mol. The summed E-state index contributed by atoms with van der Waals surface area (Å²) in [6.07, 6.45) is 2.47. The molecule has 1 saturated heterocycles. The van der Waals surface area contributed by atoms with Crippen LogP contribution in [0.15, 0.2) is 24.3 Å². The first kappa shape index (κ1) is 17.1. The van der Waals surface area contributed by atoms with Gasteiger partial charge in [-0.05, 0) is 25.5 Å². The molecule has 1 aromatic carbocycles. The van der Waals surface area contributed by atoms with Gasteiger partial charge in [0.05, 0.1) is 18.9 Å². The van der Waals surface area contributed by atoms with E-state index in [1.165, 1.54) is 6.07 Å². The Hall–Kier alpha value is -2.24. The average Bonchev–Trinajstić information content (AvgIpc) is 2.85. The first-order valence-electron chi connectivity index (χ1n) is 7.96. The second-order valence-corrected chi connectivity index (χ2v) is 5.61. The van der Waals surface area contributed by atoms with E-state index in [0.717, 1.165) is 12.8 Å². The molecule has 0 bridgehead atoms. The number of anilines is 1. The SMILES string of the molecule is CCCC[C@@H]1COC(=O)[C@@]1(Nc1ccccc1O)C(=O)OCC. The molecule has 1 aliphatic rings. The smallest absolute Gasteiger partial charge is 0.344 e. The molecule has 0 saturated carbocycles. The third-order valence-corrected chi connectivity index (χ3v) is 4.09. The number of para-hydroxylation sites is 2. The zero-order chi connectivity index (χ0) is 16.9. The van der Waals surface area contributed by atoms with Crippen molar-refractivity contribution in [3.63, 3.8) is 0 Å². The van der Waals surface area contributed by atoms with Crippen LogP contribution in [-0.2, 0) is 19.1 Å². The van der Waals surface area contributed by atoms with E-state index in [4.69, 9.17) is 9.47 Å². The van der Waals surface area contributed by atoms with E-state index in [9.17, 15) is 14.7 Å². The fraction of sp³-hybridized carbons (Fsp3) is 0.529. The molecule has 1 aliphatic heterocycles. The fourth-order valence-electron chi connectivity index (χ4n) is 2.82. The minimum absolute atomic E-state index is 0.0369. The number of rotatable bonds is 7. The van der Waals surface area contributed by atoms with Gasteiger partial charge >= 0.3 is 11.9 Å². The van der Waals surface area contributed by atoms with Crippen LogP contribution in [0.25, 0.3) is 0 Å². The lowest BCUT2D eigenvalue weighted by Crippen LogP contribution is -2.56. The number of hydrogen-bond acceptors (Lipinski definition) is 6. The van der Waals surface area contributed by atoms with Gasteiger partial charge in [0.25, 0.3) is 0 Å². The van der Waals surface area contributed by atoms with E-state index in [1.54, 1.807) is 25.1 Å². The predicted molar refractivity (Wildman–Crippen MR) is 85.1 cm³/mol. The van der Waals surface area contributed by atoms with Crippen molar-refractivity contribution >= 4 is 17.6 Å². The van der Waals surface area contributed by atoms with Crippen molar-refractivity contribution in [3.8, 4) is 5.75 Å². The van der Waals surface area contributed by atoms with Crippen LogP contribution < -0.4 is 5.32 Å². The molecule has 6 nitrogen and oxygen atoms in total. The Morgan fingerprint density at radius 1 is 1.43 bits per heavy atom. The van der Waals surface area contributed by atoms with Gasteiger partial charge in [-0.2, -0.15) is 0 Å². The molecule has 0 spiro atoms. The van der Waals surface area contributed by atoms with Gasteiger partial charge < -0.3 is 19.9 Å². The zero-order valence-corrected chi connectivity index (χ0v) is 13.5. The summed E-state index contributed by atoms with van der Waals surface area (Å²) in [7, 11) is 0. The molecule has 1 fully saturated rings. The summed E-state index contributed by atoms with van der Waals surface area (Å²) < 4.78 is 10.3. The monoisotopic (exact) mass is 321 g/mol. The molecule has 0 radical (unpaired) electrons. The van der Waals surface area contributed by atoms with E-state index in [1.807, 2.05) is 6.92 Å². The van der Waals surface area contributed by atoms with Crippen LogP contribution in [0.4, 0.5) is 5.69 Å². The zero-order valence-electron chi connectivity index (χ0n) is 13.5. The van der Waals surface area contributed by atoms with Crippen molar-refractivity contribution in [2.24, 2.45) is 5.92 Å². The highest BCUT2D eigenvalue weighted by Gasteiger charge is 2.59. The second-order valence-electron chi connectivity index (χ2n) is 5.61.